The Labute approximate surface area is 149 Å². The molecule has 1 aromatic carbocycles. The SMILES string of the molecule is Cc1cc(C(=O)NNC(=O)[C@H](C)NS(=O)(=O)c2ccccc2F)c(C)o1. The lowest BCUT2D eigenvalue weighted by Gasteiger charge is -2.15. The second-order valence-electron chi connectivity index (χ2n) is 5.54. The van der Waals surface area contributed by atoms with Crippen LogP contribution < -0.4 is 15.6 Å². The zero-order chi connectivity index (χ0) is 19.5. The molecule has 2 amide bonds. The summed E-state index contributed by atoms with van der Waals surface area (Å²) in [5.41, 5.74) is 4.51. The molecule has 0 aliphatic rings. The van der Waals surface area contributed by atoms with Crippen molar-refractivity contribution in [2.45, 2.75) is 31.7 Å². The summed E-state index contributed by atoms with van der Waals surface area (Å²) in [6, 6.07) is 5.02. The van der Waals surface area contributed by atoms with Gasteiger partial charge >= 0.3 is 0 Å². The van der Waals surface area contributed by atoms with Gasteiger partial charge in [0.2, 0.25) is 10.0 Å². The van der Waals surface area contributed by atoms with Crippen molar-refractivity contribution >= 4 is 21.8 Å². The van der Waals surface area contributed by atoms with Gasteiger partial charge in [0.15, 0.2) is 0 Å². The summed E-state index contributed by atoms with van der Waals surface area (Å²) < 4.78 is 45.2. The number of hydrogen-bond donors (Lipinski definition) is 3. The highest BCUT2D eigenvalue weighted by atomic mass is 32.2. The third kappa shape index (κ3) is 4.46. The first-order valence-corrected chi connectivity index (χ1v) is 9.04. The van der Waals surface area contributed by atoms with Gasteiger partial charge in [-0.25, -0.2) is 12.8 Å². The van der Waals surface area contributed by atoms with Crippen molar-refractivity contribution in [1.29, 1.82) is 0 Å². The van der Waals surface area contributed by atoms with E-state index in [1.807, 2.05) is 4.72 Å². The highest BCUT2D eigenvalue weighted by Gasteiger charge is 2.25. The van der Waals surface area contributed by atoms with Gasteiger partial charge in [0, 0.05) is 0 Å². The largest absolute Gasteiger partial charge is 0.466 e. The number of hydrazine groups is 1. The number of furan rings is 1. The molecule has 0 unspecified atom stereocenters. The molecular formula is C16H18FN3O5S. The van der Waals surface area contributed by atoms with Crippen molar-refractivity contribution < 1.29 is 26.8 Å². The molecule has 0 aliphatic carbocycles. The van der Waals surface area contributed by atoms with Crippen LogP contribution in [0.25, 0.3) is 0 Å². The first-order chi connectivity index (χ1) is 12.1. The molecule has 0 radical (unpaired) electrons. The van der Waals surface area contributed by atoms with Gasteiger partial charge in [-0.1, -0.05) is 12.1 Å². The molecule has 10 heteroatoms. The molecule has 2 rings (SSSR count). The summed E-state index contributed by atoms with van der Waals surface area (Å²) in [5.74, 6) is -1.47. The highest BCUT2D eigenvalue weighted by Crippen LogP contribution is 2.14. The van der Waals surface area contributed by atoms with Crippen LogP contribution in [0.1, 0.15) is 28.8 Å². The van der Waals surface area contributed by atoms with Crippen LogP contribution in [0, 0.1) is 19.7 Å². The number of nitrogens with one attached hydrogen (secondary N) is 3. The van der Waals surface area contributed by atoms with Crippen molar-refractivity contribution in [2.24, 2.45) is 0 Å². The summed E-state index contributed by atoms with van der Waals surface area (Å²) in [6.07, 6.45) is 0. The minimum Gasteiger partial charge on any atom is -0.466 e. The van der Waals surface area contributed by atoms with Crippen LogP contribution in [0.4, 0.5) is 4.39 Å². The fraction of sp³-hybridized carbons (Fsp3) is 0.250. The van der Waals surface area contributed by atoms with Crippen LogP contribution >= 0.6 is 0 Å². The highest BCUT2D eigenvalue weighted by molar-refractivity contribution is 7.89. The molecule has 0 saturated heterocycles. The molecule has 1 atom stereocenters. The van der Waals surface area contributed by atoms with Gasteiger partial charge in [0.05, 0.1) is 11.6 Å². The maximum Gasteiger partial charge on any atom is 0.273 e. The van der Waals surface area contributed by atoms with Gasteiger partial charge in [-0.2, -0.15) is 4.72 Å². The molecule has 2 aromatic rings. The summed E-state index contributed by atoms with van der Waals surface area (Å²) >= 11 is 0. The van der Waals surface area contributed by atoms with Gasteiger partial charge in [-0.15, -0.1) is 0 Å². The van der Waals surface area contributed by atoms with Crippen molar-refractivity contribution in [3.05, 3.63) is 53.2 Å². The second kappa shape index (κ2) is 7.67. The average Bonchev–Trinajstić information content (AvgIpc) is 2.90. The number of aryl methyl sites for hydroxylation is 2. The van der Waals surface area contributed by atoms with Crippen LogP contribution in [-0.2, 0) is 14.8 Å². The number of carbonyl (C=O) groups excluding carboxylic acids is 2. The molecule has 26 heavy (non-hydrogen) atoms. The zero-order valence-electron chi connectivity index (χ0n) is 14.3. The number of sulfonamides is 1. The number of hydrogen-bond acceptors (Lipinski definition) is 5. The van der Waals surface area contributed by atoms with Gasteiger partial charge in [-0.3, -0.25) is 20.4 Å². The summed E-state index contributed by atoms with van der Waals surface area (Å²) in [7, 11) is -4.24. The third-order valence-corrected chi connectivity index (χ3v) is 5.01. The van der Waals surface area contributed by atoms with Crippen molar-refractivity contribution in [3.8, 4) is 0 Å². The van der Waals surface area contributed by atoms with Crippen LogP contribution in [0.15, 0.2) is 39.6 Å². The van der Waals surface area contributed by atoms with Crippen LogP contribution in [0.5, 0.6) is 0 Å². The molecule has 1 heterocycles. The molecule has 1 aromatic heterocycles. The van der Waals surface area contributed by atoms with E-state index in [0.29, 0.717) is 11.5 Å². The third-order valence-electron chi connectivity index (χ3n) is 3.44. The Kier molecular flexibility index (Phi) is 5.78. The molecule has 8 nitrogen and oxygen atoms in total. The van der Waals surface area contributed by atoms with E-state index in [1.54, 1.807) is 13.8 Å². The standard InChI is InChI=1S/C16H18FN3O5S/c1-9-8-12(11(3)25-9)16(22)19-18-15(21)10(2)20-26(23,24)14-7-5-4-6-13(14)17/h4-8,10,20H,1-3H3,(H,18,21)(H,19,22)/t10-/m0/s1. The lowest BCUT2D eigenvalue weighted by molar-refractivity contribution is -0.123. The van der Waals surface area contributed by atoms with Gasteiger partial charge in [-0.05, 0) is 39.0 Å². The Hall–Kier alpha value is -2.72. The quantitative estimate of drug-likeness (QED) is 0.670. The topological polar surface area (TPSA) is 118 Å². The molecule has 0 bridgehead atoms. The molecule has 0 aliphatic heterocycles. The van der Waals surface area contributed by atoms with E-state index in [1.165, 1.54) is 25.1 Å². The molecule has 0 spiro atoms. The number of benzene rings is 1. The Bertz CT molecular complexity index is 939. The molecule has 3 N–H and O–H groups in total. The minimum atomic E-state index is -4.24. The number of amides is 2. The Morgan fingerprint density at radius 1 is 1.15 bits per heavy atom. The fourth-order valence-corrected chi connectivity index (χ4v) is 3.44. The van der Waals surface area contributed by atoms with E-state index in [0.717, 1.165) is 12.1 Å². The van der Waals surface area contributed by atoms with Crippen molar-refractivity contribution in [2.75, 3.05) is 0 Å². The average molecular weight is 383 g/mol. The second-order valence-corrected chi connectivity index (χ2v) is 7.23. The minimum absolute atomic E-state index is 0.238. The maximum atomic E-state index is 13.6. The van der Waals surface area contributed by atoms with E-state index in [4.69, 9.17) is 4.42 Å². The predicted octanol–water partition coefficient (Wildman–Crippen LogP) is 1.16. The summed E-state index contributed by atoms with van der Waals surface area (Å²) in [6.45, 7) is 4.52. The normalized spacial score (nSPS) is 12.5. The van der Waals surface area contributed by atoms with Gasteiger partial charge in [0.25, 0.3) is 11.8 Å². The number of halogens is 1. The van der Waals surface area contributed by atoms with Crippen molar-refractivity contribution in [1.82, 2.24) is 15.6 Å². The Morgan fingerprint density at radius 3 is 2.38 bits per heavy atom. The van der Waals surface area contributed by atoms with Crippen molar-refractivity contribution in [3.63, 3.8) is 0 Å². The van der Waals surface area contributed by atoms with Crippen LogP contribution in [-0.4, -0.2) is 26.3 Å². The van der Waals surface area contributed by atoms with E-state index >= 15 is 0 Å². The van der Waals surface area contributed by atoms with E-state index in [-0.39, 0.29) is 5.56 Å². The molecular weight excluding hydrogens is 365 g/mol. The van der Waals surface area contributed by atoms with Gasteiger partial charge in [0.1, 0.15) is 22.2 Å². The van der Waals surface area contributed by atoms with E-state index in [9.17, 15) is 22.4 Å². The number of rotatable bonds is 5. The lowest BCUT2D eigenvalue weighted by Crippen LogP contribution is -2.51. The molecule has 0 saturated carbocycles. The monoisotopic (exact) mass is 383 g/mol. The predicted molar refractivity (Wildman–Crippen MR) is 90.0 cm³/mol. The van der Waals surface area contributed by atoms with Crippen LogP contribution in [0.3, 0.4) is 0 Å². The molecule has 0 fully saturated rings. The maximum absolute atomic E-state index is 13.6. The van der Waals surface area contributed by atoms with Gasteiger partial charge < -0.3 is 4.42 Å². The first-order valence-electron chi connectivity index (χ1n) is 7.56. The lowest BCUT2D eigenvalue weighted by atomic mass is 10.2. The van der Waals surface area contributed by atoms with E-state index < -0.39 is 38.6 Å². The zero-order valence-corrected chi connectivity index (χ0v) is 15.1. The summed E-state index contributed by atoms with van der Waals surface area (Å²) in [4.78, 5) is 23.4. The Balaban J connectivity index is 1.98. The number of carbonyl (C=O) groups is 2. The molecule has 140 valence electrons. The van der Waals surface area contributed by atoms with Crippen LogP contribution in [0.2, 0.25) is 0 Å². The van der Waals surface area contributed by atoms with E-state index in [2.05, 4.69) is 10.9 Å². The Morgan fingerprint density at radius 2 is 1.81 bits per heavy atom. The fourth-order valence-electron chi connectivity index (χ4n) is 2.16. The smallest absolute Gasteiger partial charge is 0.273 e. The first kappa shape index (κ1) is 19.6. The summed E-state index contributed by atoms with van der Waals surface area (Å²) in [5, 5.41) is 0.